The molecule has 1 aromatic heterocycles. The van der Waals surface area contributed by atoms with Crippen LogP contribution in [0, 0.1) is 17.0 Å². The van der Waals surface area contributed by atoms with Gasteiger partial charge in [-0.1, -0.05) is 6.07 Å². The van der Waals surface area contributed by atoms with Crippen LogP contribution in [-0.4, -0.2) is 4.92 Å². The van der Waals surface area contributed by atoms with Gasteiger partial charge in [0, 0.05) is 17.3 Å². The number of nitro benzene ring substituents is 1. The molecular formula is C12H11BrN2O3. The molecule has 5 nitrogen and oxygen atoms in total. The van der Waals surface area contributed by atoms with Crippen LogP contribution in [0.5, 0.6) is 0 Å². The summed E-state index contributed by atoms with van der Waals surface area (Å²) in [6.45, 7) is 2.18. The Hall–Kier alpha value is -1.82. The van der Waals surface area contributed by atoms with E-state index in [9.17, 15) is 10.1 Å². The monoisotopic (exact) mass is 310 g/mol. The van der Waals surface area contributed by atoms with E-state index in [1.807, 2.05) is 0 Å². The zero-order valence-electron chi connectivity index (χ0n) is 9.64. The molecule has 0 radical (unpaired) electrons. The number of benzene rings is 1. The maximum Gasteiger partial charge on any atom is 0.274 e. The molecule has 6 heteroatoms. The van der Waals surface area contributed by atoms with E-state index in [1.54, 1.807) is 31.4 Å². The summed E-state index contributed by atoms with van der Waals surface area (Å²) in [4.78, 5) is 10.4. The van der Waals surface area contributed by atoms with Gasteiger partial charge >= 0.3 is 0 Å². The summed E-state index contributed by atoms with van der Waals surface area (Å²) in [6, 6.07) is 6.84. The van der Waals surface area contributed by atoms with Crippen LogP contribution < -0.4 is 5.32 Å². The van der Waals surface area contributed by atoms with Gasteiger partial charge < -0.3 is 9.73 Å². The highest BCUT2D eigenvalue weighted by Crippen LogP contribution is 2.24. The van der Waals surface area contributed by atoms with E-state index in [0.29, 0.717) is 17.8 Å². The maximum absolute atomic E-state index is 10.8. The van der Waals surface area contributed by atoms with Gasteiger partial charge in [0.25, 0.3) is 5.69 Å². The third-order valence-corrected chi connectivity index (χ3v) is 3.26. The second-order valence-corrected chi connectivity index (χ2v) is 4.66. The van der Waals surface area contributed by atoms with Crippen LogP contribution in [0.2, 0.25) is 0 Å². The molecule has 0 saturated carbocycles. The molecule has 0 saturated heterocycles. The quantitative estimate of drug-likeness (QED) is 0.687. The van der Waals surface area contributed by atoms with E-state index in [4.69, 9.17) is 4.42 Å². The van der Waals surface area contributed by atoms with Crippen LogP contribution in [0.1, 0.15) is 11.3 Å². The lowest BCUT2D eigenvalue weighted by molar-refractivity contribution is -0.385. The van der Waals surface area contributed by atoms with Crippen molar-refractivity contribution in [3.05, 3.63) is 56.4 Å². The molecule has 18 heavy (non-hydrogen) atoms. The van der Waals surface area contributed by atoms with E-state index < -0.39 is 0 Å². The summed E-state index contributed by atoms with van der Waals surface area (Å²) in [5, 5.41) is 13.9. The van der Waals surface area contributed by atoms with Gasteiger partial charge in [-0.2, -0.15) is 0 Å². The molecule has 2 rings (SSSR count). The molecule has 0 atom stereocenters. The smallest absolute Gasteiger partial charge is 0.274 e. The Balaban J connectivity index is 2.13. The second-order valence-electron chi connectivity index (χ2n) is 3.80. The molecule has 0 bridgehead atoms. The lowest BCUT2D eigenvalue weighted by atomic mass is 10.2. The van der Waals surface area contributed by atoms with Crippen LogP contribution in [0.3, 0.4) is 0 Å². The van der Waals surface area contributed by atoms with Crippen molar-refractivity contribution in [1.82, 2.24) is 0 Å². The van der Waals surface area contributed by atoms with Crippen molar-refractivity contribution in [3.63, 3.8) is 0 Å². The molecule has 1 N–H and O–H groups in total. The summed E-state index contributed by atoms with van der Waals surface area (Å²) < 4.78 is 6.12. The Kier molecular flexibility index (Phi) is 3.66. The first-order valence-corrected chi connectivity index (χ1v) is 6.08. The van der Waals surface area contributed by atoms with Crippen molar-refractivity contribution in [2.45, 2.75) is 13.5 Å². The number of hydrogen-bond acceptors (Lipinski definition) is 4. The standard InChI is InChI=1S/C12H11BrN2O3/c1-8-2-3-9(6-11(8)15(16)17)14-7-12-10(13)4-5-18-12/h2-6,14H,7H2,1H3. The molecular weight excluding hydrogens is 300 g/mol. The predicted molar refractivity (Wildman–Crippen MR) is 71.6 cm³/mol. The fourth-order valence-corrected chi connectivity index (χ4v) is 1.89. The van der Waals surface area contributed by atoms with Crippen LogP contribution >= 0.6 is 15.9 Å². The number of furan rings is 1. The summed E-state index contributed by atoms with van der Waals surface area (Å²) in [7, 11) is 0. The highest BCUT2D eigenvalue weighted by atomic mass is 79.9. The topological polar surface area (TPSA) is 68.3 Å². The molecule has 0 fully saturated rings. The van der Waals surface area contributed by atoms with E-state index in [-0.39, 0.29) is 10.6 Å². The fraction of sp³-hybridized carbons (Fsp3) is 0.167. The van der Waals surface area contributed by atoms with Crippen molar-refractivity contribution in [1.29, 1.82) is 0 Å². The third-order valence-electron chi connectivity index (χ3n) is 2.55. The minimum Gasteiger partial charge on any atom is -0.466 e. The number of halogens is 1. The van der Waals surface area contributed by atoms with E-state index in [1.165, 1.54) is 6.07 Å². The largest absolute Gasteiger partial charge is 0.466 e. The van der Waals surface area contributed by atoms with E-state index >= 15 is 0 Å². The highest BCUT2D eigenvalue weighted by molar-refractivity contribution is 9.10. The molecule has 94 valence electrons. The Bertz CT molecular complexity index is 580. The minimum absolute atomic E-state index is 0.110. The molecule has 0 aliphatic heterocycles. The van der Waals surface area contributed by atoms with Gasteiger partial charge in [0.15, 0.2) is 0 Å². The summed E-state index contributed by atoms with van der Waals surface area (Å²) >= 11 is 3.35. The molecule has 1 heterocycles. The van der Waals surface area contributed by atoms with Gasteiger partial charge in [-0.15, -0.1) is 0 Å². The minimum atomic E-state index is -0.386. The number of nitrogens with zero attached hydrogens (tertiary/aromatic N) is 1. The Morgan fingerprint density at radius 1 is 1.44 bits per heavy atom. The van der Waals surface area contributed by atoms with Crippen LogP contribution in [0.25, 0.3) is 0 Å². The van der Waals surface area contributed by atoms with Crippen molar-refractivity contribution in [3.8, 4) is 0 Å². The number of aryl methyl sites for hydroxylation is 1. The van der Waals surface area contributed by atoms with Gasteiger partial charge in [0.1, 0.15) is 5.76 Å². The van der Waals surface area contributed by atoms with Crippen molar-refractivity contribution < 1.29 is 9.34 Å². The number of nitro groups is 1. The molecule has 0 spiro atoms. The summed E-state index contributed by atoms with van der Waals surface area (Å²) in [5.41, 5.74) is 1.44. The fourth-order valence-electron chi connectivity index (χ4n) is 1.55. The van der Waals surface area contributed by atoms with Gasteiger partial charge in [-0.25, -0.2) is 0 Å². The first-order valence-electron chi connectivity index (χ1n) is 5.28. The van der Waals surface area contributed by atoms with Crippen molar-refractivity contribution >= 4 is 27.3 Å². The Labute approximate surface area is 112 Å². The van der Waals surface area contributed by atoms with Gasteiger partial charge in [-0.3, -0.25) is 10.1 Å². The molecule has 1 aromatic carbocycles. The molecule has 2 aromatic rings. The van der Waals surface area contributed by atoms with Gasteiger partial charge in [0.2, 0.25) is 0 Å². The molecule has 0 aliphatic rings. The average molecular weight is 311 g/mol. The Morgan fingerprint density at radius 3 is 2.83 bits per heavy atom. The van der Waals surface area contributed by atoms with Crippen molar-refractivity contribution in [2.24, 2.45) is 0 Å². The number of nitrogens with one attached hydrogen (secondary N) is 1. The zero-order valence-corrected chi connectivity index (χ0v) is 11.2. The number of rotatable bonds is 4. The average Bonchev–Trinajstić information content (AvgIpc) is 2.73. The highest BCUT2D eigenvalue weighted by Gasteiger charge is 2.11. The summed E-state index contributed by atoms with van der Waals surface area (Å²) in [6.07, 6.45) is 1.58. The van der Waals surface area contributed by atoms with Crippen molar-refractivity contribution in [2.75, 3.05) is 5.32 Å². The van der Waals surface area contributed by atoms with E-state index in [0.717, 1.165) is 10.2 Å². The zero-order chi connectivity index (χ0) is 13.1. The first kappa shape index (κ1) is 12.6. The van der Waals surface area contributed by atoms with Crippen LogP contribution in [0.4, 0.5) is 11.4 Å². The van der Waals surface area contributed by atoms with E-state index in [2.05, 4.69) is 21.2 Å². The lowest BCUT2D eigenvalue weighted by Gasteiger charge is -2.06. The van der Waals surface area contributed by atoms with Crippen LogP contribution in [0.15, 0.2) is 39.4 Å². The SMILES string of the molecule is Cc1ccc(NCc2occc2Br)cc1[N+](=O)[O-]. The predicted octanol–water partition coefficient (Wildman–Crippen LogP) is 3.87. The second kappa shape index (κ2) is 5.22. The maximum atomic E-state index is 10.8. The third kappa shape index (κ3) is 2.70. The number of hydrogen-bond donors (Lipinski definition) is 1. The molecule has 0 aliphatic carbocycles. The van der Waals surface area contributed by atoms with Gasteiger partial charge in [-0.05, 0) is 35.0 Å². The number of anilines is 1. The summed E-state index contributed by atoms with van der Waals surface area (Å²) in [5.74, 6) is 0.748. The first-order chi connectivity index (χ1) is 8.58. The molecule has 0 amide bonds. The normalized spacial score (nSPS) is 10.3. The van der Waals surface area contributed by atoms with Crippen LogP contribution in [-0.2, 0) is 6.54 Å². The lowest BCUT2D eigenvalue weighted by Crippen LogP contribution is -2.00. The molecule has 0 unspecified atom stereocenters. The van der Waals surface area contributed by atoms with Gasteiger partial charge in [0.05, 0.1) is 22.2 Å². The Morgan fingerprint density at radius 2 is 2.22 bits per heavy atom.